The molecular formula is C23H34BNO4. The number of Topliss-reactive ketones (excluding diaryl/α,β-unsaturated/α-hetero) is 1. The van der Waals surface area contributed by atoms with Crippen LogP contribution in [0.25, 0.3) is 0 Å². The number of hydrogen-bond donors (Lipinski definition) is 1. The zero-order chi connectivity index (χ0) is 22.2. The van der Waals surface area contributed by atoms with Gasteiger partial charge in [-0.25, -0.2) is 0 Å². The second kappa shape index (κ2) is 11.0. The van der Waals surface area contributed by atoms with Crippen LogP contribution < -0.4 is 0 Å². The van der Waals surface area contributed by atoms with Crippen LogP contribution in [0.4, 0.5) is 0 Å². The molecule has 0 bridgehead atoms. The van der Waals surface area contributed by atoms with Crippen molar-refractivity contribution in [1.82, 2.24) is 0 Å². The highest BCUT2D eigenvalue weighted by atomic mass is 16.5. The van der Waals surface area contributed by atoms with E-state index in [2.05, 4.69) is 25.9 Å². The summed E-state index contributed by atoms with van der Waals surface area (Å²) in [6.45, 7) is 12.4. The fourth-order valence-corrected chi connectivity index (χ4v) is 3.35. The second-order valence-corrected chi connectivity index (χ2v) is 8.40. The molecule has 1 rings (SSSR count). The Labute approximate surface area is 175 Å². The molecule has 158 valence electrons. The minimum absolute atomic E-state index is 0.0143. The van der Waals surface area contributed by atoms with E-state index in [1.807, 2.05) is 40.8 Å². The maximum Gasteiger partial charge on any atom is 0.196 e. The van der Waals surface area contributed by atoms with Crippen LogP contribution in [0.1, 0.15) is 48.0 Å². The third kappa shape index (κ3) is 6.05. The van der Waals surface area contributed by atoms with Crippen molar-refractivity contribution in [1.29, 1.82) is 0 Å². The highest BCUT2D eigenvalue weighted by molar-refractivity contribution is 6.13. The van der Waals surface area contributed by atoms with Crippen molar-refractivity contribution in [2.24, 2.45) is 16.5 Å². The van der Waals surface area contributed by atoms with Crippen molar-refractivity contribution in [2.45, 2.75) is 60.3 Å². The average Bonchev–Trinajstić information content (AvgIpc) is 2.72. The van der Waals surface area contributed by atoms with E-state index in [0.717, 1.165) is 29.3 Å². The Morgan fingerprint density at radius 1 is 1.38 bits per heavy atom. The standard InChI is InChI=1S/C23H34BNO4/c1-15(2)7-8-19-16(3)23(5,6)17(4)20(22(27)21(19)13-26)10-12-29-14-18(25-28)9-11-24/h7-8,10,12-13,16,18,26H,9,11,14,24H2,1-6H3/b12-10-,19-8+,21-13+. The molecule has 29 heavy (non-hydrogen) atoms. The van der Waals surface area contributed by atoms with Crippen LogP contribution >= 0.6 is 0 Å². The highest BCUT2D eigenvalue weighted by Gasteiger charge is 2.39. The van der Waals surface area contributed by atoms with Gasteiger partial charge in [0.2, 0.25) is 0 Å². The number of carbonyl (C=O) groups is 1. The van der Waals surface area contributed by atoms with Crippen LogP contribution in [0.5, 0.6) is 0 Å². The summed E-state index contributed by atoms with van der Waals surface area (Å²) < 4.78 is 5.48. The molecule has 1 aliphatic rings. The van der Waals surface area contributed by atoms with E-state index in [1.165, 1.54) is 6.26 Å². The van der Waals surface area contributed by atoms with Crippen molar-refractivity contribution in [3.63, 3.8) is 0 Å². The molecular weight excluding hydrogens is 365 g/mol. The Hall–Kier alpha value is -2.37. The maximum atomic E-state index is 13.2. The van der Waals surface area contributed by atoms with E-state index in [4.69, 9.17) is 4.74 Å². The lowest BCUT2D eigenvalue weighted by Gasteiger charge is -2.33. The number of ketones is 1. The Bertz CT molecular complexity index is 768. The minimum Gasteiger partial charge on any atom is -0.515 e. The molecule has 0 saturated carbocycles. The molecule has 0 aromatic heterocycles. The first kappa shape index (κ1) is 24.7. The largest absolute Gasteiger partial charge is 0.515 e. The monoisotopic (exact) mass is 399 g/mol. The number of hydrogen-bond acceptors (Lipinski definition) is 5. The van der Waals surface area contributed by atoms with Gasteiger partial charge in [0.25, 0.3) is 0 Å². The molecule has 1 N–H and O–H groups in total. The normalized spacial score (nSPS) is 23.4. The predicted octanol–water partition coefficient (Wildman–Crippen LogP) is 4.99. The lowest BCUT2D eigenvalue weighted by Crippen LogP contribution is -2.24. The van der Waals surface area contributed by atoms with Gasteiger partial charge in [-0.15, -0.1) is 0 Å². The van der Waals surface area contributed by atoms with Gasteiger partial charge in [-0.2, -0.15) is 4.91 Å². The molecule has 0 aromatic rings. The lowest BCUT2D eigenvalue weighted by molar-refractivity contribution is -0.111. The number of aliphatic hydroxyl groups is 1. The Balaban J connectivity index is 3.31. The van der Waals surface area contributed by atoms with Gasteiger partial charge in [-0.1, -0.05) is 55.6 Å². The van der Waals surface area contributed by atoms with Gasteiger partial charge in [0, 0.05) is 5.57 Å². The van der Waals surface area contributed by atoms with Gasteiger partial charge in [-0.05, 0) is 50.2 Å². The molecule has 0 radical (unpaired) electrons. The third-order valence-electron chi connectivity index (χ3n) is 5.84. The summed E-state index contributed by atoms with van der Waals surface area (Å²) in [5.41, 5.74) is 3.32. The molecule has 2 atom stereocenters. The smallest absolute Gasteiger partial charge is 0.196 e. The predicted molar refractivity (Wildman–Crippen MR) is 122 cm³/mol. The van der Waals surface area contributed by atoms with E-state index in [1.54, 1.807) is 6.08 Å². The summed E-state index contributed by atoms with van der Waals surface area (Å²) in [4.78, 5) is 24.1. The topological polar surface area (TPSA) is 76.0 Å². The molecule has 0 heterocycles. The van der Waals surface area contributed by atoms with Crippen LogP contribution in [0, 0.1) is 16.2 Å². The molecule has 0 spiro atoms. The van der Waals surface area contributed by atoms with Crippen molar-refractivity contribution in [2.75, 3.05) is 6.61 Å². The van der Waals surface area contributed by atoms with Crippen molar-refractivity contribution < 1.29 is 14.6 Å². The van der Waals surface area contributed by atoms with Crippen LogP contribution in [0.15, 0.2) is 63.8 Å². The zero-order valence-corrected chi connectivity index (χ0v) is 18.8. The SMILES string of the molecule is BCCC(CO/C=C\C1=C(C)C(C)(C)C(C)C(=C\C=C(C)C)/C(=C\O)C1=O)N=O. The first-order valence-electron chi connectivity index (χ1n) is 10.2. The number of aliphatic hydroxyl groups excluding tert-OH is 1. The van der Waals surface area contributed by atoms with E-state index >= 15 is 0 Å². The summed E-state index contributed by atoms with van der Waals surface area (Å²) in [5.74, 6) is -0.227. The summed E-state index contributed by atoms with van der Waals surface area (Å²) >= 11 is 0. The van der Waals surface area contributed by atoms with Crippen molar-refractivity contribution in [3.8, 4) is 0 Å². The van der Waals surface area contributed by atoms with Gasteiger partial charge in [0.15, 0.2) is 5.78 Å². The molecule has 0 fully saturated rings. The second-order valence-electron chi connectivity index (χ2n) is 8.40. The van der Waals surface area contributed by atoms with Gasteiger partial charge >= 0.3 is 0 Å². The Morgan fingerprint density at radius 3 is 2.55 bits per heavy atom. The van der Waals surface area contributed by atoms with E-state index in [-0.39, 0.29) is 29.3 Å². The lowest BCUT2D eigenvalue weighted by atomic mass is 9.71. The Morgan fingerprint density at radius 2 is 2.03 bits per heavy atom. The average molecular weight is 399 g/mol. The molecule has 0 aliphatic heterocycles. The van der Waals surface area contributed by atoms with Crippen LogP contribution in [-0.4, -0.2) is 31.4 Å². The molecule has 6 heteroatoms. The van der Waals surface area contributed by atoms with E-state index < -0.39 is 6.04 Å². The fourth-order valence-electron chi connectivity index (χ4n) is 3.35. The molecule has 0 amide bonds. The van der Waals surface area contributed by atoms with Gasteiger partial charge in [0.1, 0.15) is 20.5 Å². The number of rotatable bonds is 8. The maximum absolute atomic E-state index is 13.2. The third-order valence-corrected chi connectivity index (χ3v) is 5.84. The summed E-state index contributed by atoms with van der Waals surface area (Å²) in [6.07, 6.45) is 9.38. The molecule has 2 unspecified atom stereocenters. The van der Waals surface area contributed by atoms with E-state index in [9.17, 15) is 14.8 Å². The summed E-state index contributed by atoms with van der Waals surface area (Å²) in [7, 11) is 1.98. The number of carbonyl (C=O) groups excluding carboxylic acids is 1. The van der Waals surface area contributed by atoms with Gasteiger partial charge < -0.3 is 9.84 Å². The molecule has 0 aromatic carbocycles. The summed E-state index contributed by atoms with van der Waals surface area (Å²) in [5, 5.41) is 12.9. The zero-order valence-electron chi connectivity index (χ0n) is 18.8. The molecule has 5 nitrogen and oxygen atoms in total. The van der Waals surface area contributed by atoms with Crippen LogP contribution in [0.3, 0.4) is 0 Å². The summed E-state index contributed by atoms with van der Waals surface area (Å²) in [6, 6.07) is -0.396. The van der Waals surface area contributed by atoms with Gasteiger partial charge in [-0.3, -0.25) is 4.79 Å². The first-order chi connectivity index (χ1) is 13.6. The van der Waals surface area contributed by atoms with Crippen molar-refractivity contribution >= 4 is 13.6 Å². The van der Waals surface area contributed by atoms with Crippen molar-refractivity contribution in [3.05, 3.63) is 63.5 Å². The quantitative estimate of drug-likeness (QED) is 0.270. The Kier molecular flexibility index (Phi) is 9.34. The molecule has 0 saturated heterocycles. The number of allylic oxidation sites excluding steroid dienone is 8. The minimum atomic E-state index is -0.396. The van der Waals surface area contributed by atoms with Crippen LogP contribution in [-0.2, 0) is 9.53 Å². The van der Waals surface area contributed by atoms with Crippen LogP contribution in [0.2, 0.25) is 6.32 Å². The van der Waals surface area contributed by atoms with Gasteiger partial charge in [0.05, 0.1) is 18.1 Å². The highest BCUT2D eigenvalue weighted by Crippen LogP contribution is 2.46. The first-order valence-corrected chi connectivity index (χ1v) is 10.2. The number of nitroso groups, excluding NO2 is 1. The fraction of sp³-hybridized carbons (Fsp3) is 0.522. The number of nitrogens with zero attached hydrogens (tertiary/aromatic N) is 1. The molecule has 1 aliphatic carbocycles. The van der Waals surface area contributed by atoms with E-state index in [0.29, 0.717) is 12.0 Å². The number of ether oxygens (including phenoxy) is 1.